The van der Waals surface area contributed by atoms with E-state index in [0.29, 0.717) is 11.4 Å². The number of pyridine rings is 1. The van der Waals surface area contributed by atoms with Crippen molar-refractivity contribution in [1.29, 1.82) is 0 Å². The number of halogens is 3. The second kappa shape index (κ2) is 4.80. The summed E-state index contributed by atoms with van der Waals surface area (Å²) in [5.74, 6) is 0.710. The number of fused-ring (bicyclic) bond motifs is 1. The van der Waals surface area contributed by atoms with Crippen LogP contribution in [0.5, 0.6) is 5.75 Å². The SMILES string of the molecule is COc1ccc(-c2cn3ccc(C(F)(F)F)cc3n2)cc1. The Bertz CT molecular complexity index is 776. The van der Waals surface area contributed by atoms with Crippen LogP contribution < -0.4 is 4.74 Å². The molecular weight excluding hydrogens is 281 g/mol. The molecule has 0 atom stereocenters. The lowest BCUT2D eigenvalue weighted by Gasteiger charge is -2.05. The highest BCUT2D eigenvalue weighted by atomic mass is 19.4. The highest BCUT2D eigenvalue weighted by Gasteiger charge is 2.30. The van der Waals surface area contributed by atoms with Crippen LogP contribution in [0.25, 0.3) is 16.9 Å². The smallest absolute Gasteiger partial charge is 0.416 e. The first-order valence-electron chi connectivity index (χ1n) is 6.18. The van der Waals surface area contributed by atoms with E-state index in [1.807, 2.05) is 12.1 Å². The zero-order valence-electron chi connectivity index (χ0n) is 11.1. The van der Waals surface area contributed by atoms with Gasteiger partial charge in [0, 0.05) is 18.0 Å². The average molecular weight is 292 g/mol. The minimum absolute atomic E-state index is 0.260. The summed E-state index contributed by atoms with van der Waals surface area (Å²) < 4.78 is 44.7. The summed E-state index contributed by atoms with van der Waals surface area (Å²) in [6.07, 6.45) is -1.32. The van der Waals surface area contributed by atoms with Crippen LogP contribution in [0.4, 0.5) is 13.2 Å². The molecular formula is C15H11F3N2O. The monoisotopic (exact) mass is 292 g/mol. The zero-order valence-corrected chi connectivity index (χ0v) is 11.1. The van der Waals surface area contributed by atoms with E-state index >= 15 is 0 Å². The maximum absolute atomic E-state index is 12.7. The Labute approximate surface area is 118 Å². The molecule has 6 heteroatoms. The van der Waals surface area contributed by atoms with Gasteiger partial charge >= 0.3 is 6.18 Å². The van der Waals surface area contributed by atoms with E-state index in [2.05, 4.69) is 4.98 Å². The van der Waals surface area contributed by atoms with Crippen molar-refractivity contribution >= 4 is 5.65 Å². The standard InChI is InChI=1S/C15H11F3N2O/c1-21-12-4-2-10(3-5-12)13-9-20-7-6-11(15(16,17)18)8-14(20)19-13/h2-9H,1H3. The molecule has 0 unspecified atom stereocenters. The molecule has 0 radical (unpaired) electrons. The molecule has 21 heavy (non-hydrogen) atoms. The molecule has 0 aliphatic rings. The van der Waals surface area contributed by atoms with Gasteiger partial charge in [-0.15, -0.1) is 0 Å². The summed E-state index contributed by atoms with van der Waals surface area (Å²) >= 11 is 0. The van der Waals surface area contributed by atoms with Crippen molar-refractivity contribution in [2.24, 2.45) is 0 Å². The van der Waals surface area contributed by atoms with Gasteiger partial charge in [-0.25, -0.2) is 4.98 Å². The molecule has 1 aromatic carbocycles. The lowest BCUT2D eigenvalue weighted by Crippen LogP contribution is -2.05. The Morgan fingerprint density at radius 2 is 1.81 bits per heavy atom. The molecule has 0 aliphatic heterocycles. The molecule has 0 bridgehead atoms. The third kappa shape index (κ3) is 2.56. The second-order valence-electron chi connectivity index (χ2n) is 4.53. The van der Waals surface area contributed by atoms with Crippen LogP contribution in [0.3, 0.4) is 0 Å². The summed E-state index contributed by atoms with van der Waals surface area (Å²) in [5.41, 5.74) is 0.975. The molecule has 0 saturated carbocycles. The minimum Gasteiger partial charge on any atom is -0.497 e. The number of benzene rings is 1. The maximum Gasteiger partial charge on any atom is 0.416 e. The molecule has 0 N–H and O–H groups in total. The van der Waals surface area contributed by atoms with Crippen LogP contribution in [-0.2, 0) is 6.18 Å². The van der Waals surface area contributed by atoms with Crippen LogP contribution in [0, 0.1) is 0 Å². The van der Waals surface area contributed by atoms with E-state index in [-0.39, 0.29) is 5.65 Å². The van der Waals surface area contributed by atoms with Gasteiger partial charge in [0.15, 0.2) is 0 Å². The predicted octanol–water partition coefficient (Wildman–Crippen LogP) is 4.03. The number of ether oxygens (including phenoxy) is 1. The first kappa shape index (κ1) is 13.5. The molecule has 108 valence electrons. The van der Waals surface area contributed by atoms with Gasteiger partial charge in [0.05, 0.1) is 18.4 Å². The number of rotatable bonds is 2. The average Bonchev–Trinajstić information content (AvgIpc) is 2.89. The molecule has 0 aliphatic carbocycles. The van der Waals surface area contributed by atoms with Crippen molar-refractivity contribution < 1.29 is 17.9 Å². The van der Waals surface area contributed by atoms with E-state index in [0.717, 1.165) is 17.7 Å². The van der Waals surface area contributed by atoms with Crippen LogP contribution in [0.15, 0.2) is 48.8 Å². The Morgan fingerprint density at radius 1 is 1.10 bits per heavy atom. The van der Waals surface area contributed by atoms with Gasteiger partial charge < -0.3 is 9.14 Å². The zero-order chi connectivity index (χ0) is 15.0. The molecule has 0 fully saturated rings. The number of hydrogen-bond acceptors (Lipinski definition) is 2. The number of nitrogens with zero attached hydrogens (tertiary/aromatic N) is 2. The van der Waals surface area contributed by atoms with Crippen LogP contribution >= 0.6 is 0 Å². The van der Waals surface area contributed by atoms with Crippen LogP contribution in [0.1, 0.15) is 5.56 Å². The number of alkyl halides is 3. The summed E-state index contributed by atoms with van der Waals surface area (Å²) in [4.78, 5) is 4.23. The van der Waals surface area contributed by atoms with Gasteiger partial charge in [-0.1, -0.05) is 0 Å². The quantitative estimate of drug-likeness (QED) is 0.713. The van der Waals surface area contributed by atoms with Gasteiger partial charge in [0.25, 0.3) is 0 Å². The van der Waals surface area contributed by atoms with Crippen LogP contribution in [0.2, 0.25) is 0 Å². The fraction of sp³-hybridized carbons (Fsp3) is 0.133. The summed E-state index contributed by atoms with van der Waals surface area (Å²) in [5, 5.41) is 0. The van der Waals surface area contributed by atoms with Crippen molar-refractivity contribution in [3.8, 4) is 17.0 Å². The molecule has 0 saturated heterocycles. The Morgan fingerprint density at radius 3 is 2.43 bits per heavy atom. The molecule has 3 aromatic rings. The summed E-state index contributed by atoms with van der Waals surface area (Å²) in [7, 11) is 1.57. The Balaban J connectivity index is 2.04. The summed E-state index contributed by atoms with van der Waals surface area (Å²) in [6.45, 7) is 0. The van der Waals surface area contributed by atoms with Crippen molar-refractivity contribution in [2.75, 3.05) is 7.11 Å². The lowest BCUT2D eigenvalue weighted by molar-refractivity contribution is -0.137. The fourth-order valence-electron chi connectivity index (χ4n) is 2.06. The summed E-state index contributed by atoms with van der Waals surface area (Å²) in [6, 6.07) is 9.25. The normalized spacial score (nSPS) is 11.8. The topological polar surface area (TPSA) is 26.5 Å². The van der Waals surface area contributed by atoms with E-state index in [1.165, 1.54) is 6.20 Å². The van der Waals surface area contributed by atoms with Gasteiger partial charge in [0.1, 0.15) is 11.4 Å². The lowest BCUT2D eigenvalue weighted by atomic mass is 10.2. The number of hydrogen-bond donors (Lipinski definition) is 0. The van der Waals surface area contributed by atoms with E-state index < -0.39 is 11.7 Å². The number of aromatic nitrogens is 2. The largest absolute Gasteiger partial charge is 0.497 e. The first-order chi connectivity index (χ1) is 9.97. The minimum atomic E-state index is -4.37. The van der Waals surface area contributed by atoms with Crippen molar-refractivity contribution in [1.82, 2.24) is 9.38 Å². The highest BCUT2D eigenvalue weighted by Crippen LogP contribution is 2.30. The van der Waals surface area contributed by atoms with Crippen LogP contribution in [-0.4, -0.2) is 16.5 Å². The molecule has 2 aromatic heterocycles. The molecule has 0 spiro atoms. The van der Waals surface area contributed by atoms with Crippen molar-refractivity contribution in [3.05, 3.63) is 54.4 Å². The third-order valence-corrected chi connectivity index (χ3v) is 3.17. The predicted molar refractivity (Wildman–Crippen MR) is 72.2 cm³/mol. The molecule has 2 heterocycles. The number of methoxy groups -OCH3 is 1. The maximum atomic E-state index is 12.7. The van der Waals surface area contributed by atoms with E-state index in [4.69, 9.17) is 4.74 Å². The van der Waals surface area contributed by atoms with Crippen molar-refractivity contribution in [3.63, 3.8) is 0 Å². The molecule has 3 nitrogen and oxygen atoms in total. The van der Waals surface area contributed by atoms with Crippen molar-refractivity contribution in [2.45, 2.75) is 6.18 Å². The van der Waals surface area contributed by atoms with Gasteiger partial charge in [-0.05, 0) is 36.4 Å². The van der Waals surface area contributed by atoms with Gasteiger partial charge in [-0.3, -0.25) is 0 Å². The Kier molecular flexibility index (Phi) is 3.08. The van der Waals surface area contributed by atoms with E-state index in [1.54, 1.807) is 29.8 Å². The van der Waals surface area contributed by atoms with Gasteiger partial charge in [-0.2, -0.15) is 13.2 Å². The van der Waals surface area contributed by atoms with E-state index in [9.17, 15) is 13.2 Å². The second-order valence-corrected chi connectivity index (χ2v) is 4.53. The molecule has 0 amide bonds. The molecule has 3 rings (SSSR count). The number of imidazole rings is 1. The first-order valence-corrected chi connectivity index (χ1v) is 6.18. The fourth-order valence-corrected chi connectivity index (χ4v) is 2.06. The van der Waals surface area contributed by atoms with Gasteiger partial charge in [0.2, 0.25) is 0 Å². The highest BCUT2D eigenvalue weighted by molar-refractivity contribution is 5.63. The Hall–Kier alpha value is -2.50. The third-order valence-electron chi connectivity index (χ3n) is 3.17.